The topological polar surface area (TPSA) is 54.3 Å². The number of carbonyl (C=O) groups excluding carboxylic acids is 1. The molecule has 1 amide bonds. The van der Waals surface area contributed by atoms with Crippen LogP contribution in [0, 0.1) is 5.92 Å². The molecule has 0 saturated heterocycles. The van der Waals surface area contributed by atoms with Gasteiger partial charge in [0.2, 0.25) is 5.91 Å². The Morgan fingerprint density at radius 1 is 1.32 bits per heavy atom. The number of amides is 1. The van der Waals surface area contributed by atoms with Gasteiger partial charge in [0, 0.05) is 19.0 Å². The highest BCUT2D eigenvalue weighted by Gasteiger charge is 2.23. The molecule has 0 radical (unpaired) electrons. The molecule has 1 aliphatic heterocycles. The van der Waals surface area contributed by atoms with Gasteiger partial charge in [-0.1, -0.05) is 13.8 Å². The Hall–Kier alpha value is -1.43. The quantitative estimate of drug-likeness (QED) is 0.808. The molecule has 0 saturated carbocycles. The maximum absolute atomic E-state index is 12.1. The molecule has 1 aromatic rings. The minimum atomic E-state index is 0.0377. The van der Waals surface area contributed by atoms with E-state index in [4.69, 9.17) is 0 Å². The fraction of sp³-hybridized carbons (Fsp3) is 0.769. The van der Waals surface area contributed by atoms with Crippen LogP contribution in [0.25, 0.3) is 0 Å². The van der Waals surface area contributed by atoms with E-state index in [2.05, 4.69) is 19.7 Å². The molecule has 6 nitrogen and oxygen atoms in total. The third-order valence-corrected chi connectivity index (χ3v) is 3.31. The highest BCUT2D eigenvalue weighted by Crippen LogP contribution is 2.15. The lowest BCUT2D eigenvalue weighted by Crippen LogP contribution is -2.34. The third kappa shape index (κ3) is 3.12. The van der Waals surface area contributed by atoms with Crippen molar-refractivity contribution in [2.24, 2.45) is 5.92 Å². The second kappa shape index (κ2) is 5.69. The van der Waals surface area contributed by atoms with Crippen molar-refractivity contribution in [2.45, 2.75) is 39.9 Å². The van der Waals surface area contributed by atoms with E-state index in [1.54, 1.807) is 0 Å². The van der Waals surface area contributed by atoms with Crippen LogP contribution >= 0.6 is 0 Å². The van der Waals surface area contributed by atoms with Crippen LogP contribution in [0.1, 0.15) is 31.9 Å². The Balaban J connectivity index is 2.17. The van der Waals surface area contributed by atoms with Gasteiger partial charge in [-0.3, -0.25) is 4.79 Å². The lowest BCUT2D eigenvalue weighted by Gasteiger charge is -2.21. The molecule has 0 bridgehead atoms. The average Bonchev–Trinajstić information content (AvgIpc) is 2.59. The molecular formula is C13H23N5O. The van der Waals surface area contributed by atoms with E-state index < -0.39 is 0 Å². The van der Waals surface area contributed by atoms with Crippen LogP contribution in [0.15, 0.2) is 0 Å². The molecule has 0 N–H and O–H groups in total. The van der Waals surface area contributed by atoms with Crippen molar-refractivity contribution >= 4 is 5.91 Å². The number of nitrogens with zero attached hydrogens (tertiary/aromatic N) is 5. The average molecular weight is 265 g/mol. The number of hydrogen-bond acceptors (Lipinski definition) is 4. The summed E-state index contributed by atoms with van der Waals surface area (Å²) in [6, 6.07) is 0. The van der Waals surface area contributed by atoms with Crippen molar-refractivity contribution in [3.05, 3.63) is 11.6 Å². The molecular weight excluding hydrogens is 242 g/mol. The van der Waals surface area contributed by atoms with Crippen molar-refractivity contribution < 1.29 is 4.79 Å². The van der Waals surface area contributed by atoms with Crippen LogP contribution in [-0.4, -0.2) is 51.1 Å². The van der Waals surface area contributed by atoms with Gasteiger partial charge in [0.15, 0.2) is 5.82 Å². The molecule has 2 rings (SSSR count). The van der Waals surface area contributed by atoms with Crippen LogP contribution in [0.5, 0.6) is 0 Å². The zero-order valence-electron chi connectivity index (χ0n) is 12.3. The lowest BCUT2D eigenvalue weighted by molar-refractivity contribution is -0.135. The molecule has 0 aromatic carbocycles. The zero-order valence-corrected chi connectivity index (χ0v) is 12.3. The second-order valence-electron chi connectivity index (χ2n) is 5.69. The van der Waals surface area contributed by atoms with Gasteiger partial charge in [-0.05, 0) is 20.5 Å². The molecule has 1 aromatic heterocycles. The number of rotatable bonds is 3. The van der Waals surface area contributed by atoms with E-state index in [1.807, 2.05) is 32.8 Å². The van der Waals surface area contributed by atoms with Gasteiger partial charge >= 0.3 is 0 Å². The summed E-state index contributed by atoms with van der Waals surface area (Å²) >= 11 is 0. The van der Waals surface area contributed by atoms with Crippen LogP contribution in [0.2, 0.25) is 0 Å². The van der Waals surface area contributed by atoms with E-state index >= 15 is 0 Å². The minimum Gasteiger partial charge on any atom is -0.335 e. The van der Waals surface area contributed by atoms with Gasteiger partial charge < -0.3 is 14.4 Å². The monoisotopic (exact) mass is 265 g/mol. The predicted molar refractivity (Wildman–Crippen MR) is 72.3 cm³/mol. The second-order valence-corrected chi connectivity index (χ2v) is 5.69. The smallest absolute Gasteiger partial charge is 0.225 e. The fourth-order valence-electron chi connectivity index (χ4n) is 2.37. The first-order valence-electron chi connectivity index (χ1n) is 6.83. The maximum Gasteiger partial charge on any atom is 0.225 e. The molecule has 2 heterocycles. The first-order chi connectivity index (χ1) is 8.99. The normalized spacial score (nSPS) is 15.8. The highest BCUT2D eigenvalue weighted by molar-refractivity contribution is 5.78. The largest absolute Gasteiger partial charge is 0.335 e. The van der Waals surface area contributed by atoms with Gasteiger partial charge in [0.1, 0.15) is 5.82 Å². The number of carbonyl (C=O) groups is 1. The molecule has 19 heavy (non-hydrogen) atoms. The Morgan fingerprint density at radius 2 is 2.05 bits per heavy atom. The first kappa shape index (κ1) is 14.0. The summed E-state index contributed by atoms with van der Waals surface area (Å²) in [4.78, 5) is 16.1. The minimum absolute atomic E-state index is 0.0377. The van der Waals surface area contributed by atoms with Gasteiger partial charge in [-0.25, -0.2) is 0 Å². The Labute approximate surface area is 114 Å². The molecule has 1 aliphatic rings. The Kier molecular flexibility index (Phi) is 4.19. The molecule has 0 aliphatic carbocycles. The van der Waals surface area contributed by atoms with Gasteiger partial charge in [0.25, 0.3) is 0 Å². The fourth-order valence-corrected chi connectivity index (χ4v) is 2.37. The summed E-state index contributed by atoms with van der Waals surface area (Å²) in [5.74, 6) is 2.13. The first-order valence-corrected chi connectivity index (χ1v) is 6.83. The van der Waals surface area contributed by atoms with Gasteiger partial charge in [0.05, 0.1) is 13.1 Å². The zero-order chi connectivity index (χ0) is 14.0. The summed E-state index contributed by atoms with van der Waals surface area (Å²) in [5.41, 5.74) is 0. The van der Waals surface area contributed by atoms with Crippen molar-refractivity contribution in [1.82, 2.24) is 24.6 Å². The maximum atomic E-state index is 12.1. The lowest BCUT2D eigenvalue weighted by atomic mass is 10.2. The van der Waals surface area contributed by atoms with E-state index in [9.17, 15) is 4.79 Å². The van der Waals surface area contributed by atoms with E-state index in [1.165, 1.54) is 0 Å². The molecule has 0 spiro atoms. The molecule has 6 heteroatoms. The summed E-state index contributed by atoms with van der Waals surface area (Å²) in [6.07, 6.45) is 0.962. The standard InChI is InChI=1S/C13H23N5O/c1-10(2)13(19)17-6-5-7-18-11(8-16(3)4)14-15-12(18)9-17/h10H,5-9H2,1-4H3. The molecule has 0 unspecified atom stereocenters. The van der Waals surface area contributed by atoms with Gasteiger partial charge in [-0.2, -0.15) is 0 Å². The van der Waals surface area contributed by atoms with Crippen LogP contribution in [0.4, 0.5) is 0 Å². The molecule has 0 fully saturated rings. The Morgan fingerprint density at radius 3 is 2.68 bits per heavy atom. The summed E-state index contributed by atoms with van der Waals surface area (Å²) < 4.78 is 2.16. The third-order valence-electron chi connectivity index (χ3n) is 3.31. The van der Waals surface area contributed by atoms with Crippen molar-refractivity contribution in [3.63, 3.8) is 0 Å². The molecule has 106 valence electrons. The summed E-state index contributed by atoms with van der Waals surface area (Å²) in [6.45, 7) is 6.95. The Bertz CT molecular complexity index is 452. The van der Waals surface area contributed by atoms with Crippen LogP contribution in [-0.2, 0) is 24.4 Å². The predicted octanol–water partition coefficient (Wildman–Crippen LogP) is 0.728. The van der Waals surface area contributed by atoms with E-state index in [-0.39, 0.29) is 11.8 Å². The van der Waals surface area contributed by atoms with Crippen LogP contribution in [0.3, 0.4) is 0 Å². The van der Waals surface area contributed by atoms with Crippen molar-refractivity contribution in [1.29, 1.82) is 0 Å². The molecule has 0 atom stereocenters. The number of hydrogen-bond donors (Lipinski definition) is 0. The summed E-state index contributed by atoms with van der Waals surface area (Å²) in [5, 5.41) is 8.51. The SMILES string of the molecule is CC(C)C(=O)N1CCCn2c(CN(C)C)nnc2C1. The van der Waals surface area contributed by atoms with Crippen LogP contribution < -0.4 is 0 Å². The number of aromatic nitrogens is 3. The highest BCUT2D eigenvalue weighted by atomic mass is 16.2. The van der Waals surface area contributed by atoms with Gasteiger partial charge in [-0.15, -0.1) is 10.2 Å². The van der Waals surface area contributed by atoms with Crippen molar-refractivity contribution in [2.75, 3.05) is 20.6 Å². The van der Waals surface area contributed by atoms with E-state index in [0.29, 0.717) is 6.54 Å². The summed E-state index contributed by atoms with van der Waals surface area (Å²) in [7, 11) is 4.04. The van der Waals surface area contributed by atoms with Crippen molar-refractivity contribution in [3.8, 4) is 0 Å². The number of fused-ring (bicyclic) bond motifs is 1. The van der Waals surface area contributed by atoms with E-state index in [0.717, 1.165) is 37.7 Å².